The summed E-state index contributed by atoms with van der Waals surface area (Å²) in [6, 6.07) is 15.0. The average molecular weight is 453 g/mol. The molecule has 8 nitrogen and oxygen atoms in total. The van der Waals surface area contributed by atoms with E-state index in [-0.39, 0.29) is 17.3 Å². The number of carbonyl (C=O) groups is 1. The van der Waals surface area contributed by atoms with Crippen LogP contribution in [0.3, 0.4) is 0 Å². The van der Waals surface area contributed by atoms with Gasteiger partial charge in [0.2, 0.25) is 5.95 Å². The number of rotatable bonds is 6. The summed E-state index contributed by atoms with van der Waals surface area (Å²) in [6.07, 6.45) is 1.48. The molecule has 0 radical (unpaired) electrons. The number of piperazine rings is 1. The minimum atomic E-state index is -0.356. The van der Waals surface area contributed by atoms with Crippen LogP contribution in [0.1, 0.15) is 17.3 Å². The lowest BCUT2D eigenvalue weighted by Gasteiger charge is -2.36. The Morgan fingerprint density at radius 2 is 1.72 bits per heavy atom. The quantitative estimate of drug-likeness (QED) is 0.588. The van der Waals surface area contributed by atoms with Crippen molar-refractivity contribution in [2.45, 2.75) is 6.92 Å². The van der Waals surface area contributed by atoms with Crippen molar-refractivity contribution in [2.24, 2.45) is 0 Å². The molecule has 9 heteroatoms. The molecule has 1 amide bonds. The summed E-state index contributed by atoms with van der Waals surface area (Å²) < 4.78 is 5.41. The second kappa shape index (κ2) is 9.74. The molecule has 2 aromatic carbocycles. The molecule has 1 saturated heterocycles. The number of amides is 1. The number of nitrogen functional groups attached to an aromatic ring is 1. The fourth-order valence-corrected chi connectivity index (χ4v) is 3.65. The first-order valence-corrected chi connectivity index (χ1v) is 10.8. The summed E-state index contributed by atoms with van der Waals surface area (Å²) in [5, 5.41) is 3.54. The lowest BCUT2D eigenvalue weighted by atomic mass is 10.2. The van der Waals surface area contributed by atoms with Crippen molar-refractivity contribution in [2.75, 3.05) is 53.6 Å². The summed E-state index contributed by atoms with van der Waals surface area (Å²) in [5.74, 6) is 1.06. The van der Waals surface area contributed by atoms with E-state index in [0.29, 0.717) is 18.2 Å². The highest BCUT2D eigenvalue weighted by atomic mass is 35.5. The first kappa shape index (κ1) is 21.7. The molecule has 166 valence electrons. The van der Waals surface area contributed by atoms with Crippen molar-refractivity contribution in [3.8, 4) is 5.75 Å². The molecule has 1 aliphatic heterocycles. The van der Waals surface area contributed by atoms with Crippen LogP contribution >= 0.6 is 11.6 Å². The van der Waals surface area contributed by atoms with Gasteiger partial charge in [0.15, 0.2) is 0 Å². The maximum Gasteiger partial charge on any atom is 0.260 e. The van der Waals surface area contributed by atoms with E-state index >= 15 is 0 Å². The third kappa shape index (κ3) is 5.03. The van der Waals surface area contributed by atoms with Crippen molar-refractivity contribution in [1.82, 2.24) is 9.97 Å². The molecule has 1 fully saturated rings. The van der Waals surface area contributed by atoms with Crippen LogP contribution in [0.4, 0.5) is 23.1 Å². The minimum Gasteiger partial charge on any atom is -0.494 e. The Hall–Kier alpha value is -3.52. The Kier molecular flexibility index (Phi) is 6.61. The molecular formula is C23H25ClN6O2. The maximum absolute atomic E-state index is 12.6. The highest BCUT2D eigenvalue weighted by molar-refractivity contribution is 6.30. The van der Waals surface area contributed by atoms with E-state index in [2.05, 4.69) is 25.1 Å². The number of carbonyl (C=O) groups excluding carboxylic acids is 1. The summed E-state index contributed by atoms with van der Waals surface area (Å²) in [4.78, 5) is 25.8. The molecule has 3 N–H and O–H groups in total. The Labute approximate surface area is 192 Å². The number of aromatic nitrogens is 2. The van der Waals surface area contributed by atoms with E-state index < -0.39 is 0 Å². The van der Waals surface area contributed by atoms with E-state index in [9.17, 15) is 4.79 Å². The molecule has 0 saturated carbocycles. The first-order valence-electron chi connectivity index (χ1n) is 10.5. The smallest absolute Gasteiger partial charge is 0.260 e. The van der Waals surface area contributed by atoms with Gasteiger partial charge >= 0.3 is 0 Å². The number of hydrogen-bond donors (Lipinski definition) is 2. The molecule has 0 atom stereocenters. The number of nitrogens with zero attached hydrogens (tertiary/aromatic N) is 4. The Balaban J connectivity index is 1.37. The van der Waals surface area contributed by atoms with Crippen LogP contribution in [-0.4, -0.2) is 48.7 Å². The van der Waals surface area contributed by atoms with Crippen molar-refractivity contribution >= 4 is 40.6 Å². The zero-order valence-corrected chi connectivity index (χ0v) is 18.5. The van der Waals surface area contributed by atoms with Crippen LogP contribution < -0.4 is 25.6 Å². The van der Waals surface area contributed by atoms with Crippen LogP contribution in [0.15, 0.2) is 54.7 Å². The zero-order chi connectivity index (χ0) is 22.5. The average Bonchev–Trinajstić information content (AvgIpc) is 2.81. The molecule has 0 aliphatic carbocycles. The van der Waals surface area contributed by atoms with Gasteiger partial charge in [-0.25, -0.2) is 4.98 Å². The van der Waals surface area contributed by atoms with E-state index in [1.54, 1.807) is 24.3 Å². The Morgan fingerprint density at radius 3 is 2.34 bits per heavy atom. The van der Waals surface area contributed by atoms with E-state index in [0.717, 1.165) is 42.6 Å². The van der Waals surface area contributed by atoms with Crippen molar-refractivity contribution in [1.29, 1.82) is 0 Å². The second-order valence-electron chi connectivity index (χ2n) is 7.33. The minimum absolute atomic E-state index is 0.151. The van der Waals surface area contributed by atoms with Gasteiger partial charge in [0.1, 0.15) is 17.1 Å². The van der Waals surface area contributed by atoms with Gasteiger partial charge in [0.25, 0.3) is 5.91 Å². The van der Waals surface area contributed by atoms with Crippen molar-refractivity contribution in [3.05, 3.63) is 65.3 Å². The highest BCUT2D eigenvalue weighted by Crippen LogP contribution is 2.22. The predicted molar refractivity (Wildman–Crippen MR) is 128 cm³/mol. The van der Waals surface area contributed by atoms with Crippen LogP contribution in [-0.2, 0) is 0 Å². The fraction of sp³-hybridized carbons (Fsp3) is 0.261. The van der Waals surface area contributed by atoms with E-state index in [4.69, 9.17) is 22.1 Å². The largest absolute Gasteiger partial charge is 0.494 e. The van der Waals surface area contributed by atoms with Gasteiger partial charge < -0.3 is 25.6 Å². The fourth-order valence-electron chi connectivity index (χ4n) is 3.53. The van der Waals surface area contributed by atoms with Gasteiger partial charge in [-0.1, -0.05) is 11.6 Å². The van der Waals surface area contributed by atoms with Crippen molar-refractivity contribution < 1.29 is 9.53 Å². The second-order valence-corrected chi connectivity index (χ2v) is 7.77. The number of halogens is 1. The number of nitrogens with one attached hydrogen (secondary N) is 1. The number of ether oxygens (including phenoxy) is 1. The summed E-state index contributed by atoms with van der Waals surface area (Å²) in [7, 11) is 0. The summed E-state index contributed by atoms with van der Waals surface area (Å²) in [5.41, 5.74) is 8.11. The molecule has 3 aromatic rings. The molecule has 0 bridgehead atoms. The molecule has 1 aliphatic rings. The third-order valence-corrected chi connectivity index (χ3v) is 5.48. The van der Waals surface area contributed by atoms with Crippen LogP contribution in [0, 0.1) is 0 Å². The monoisotopic (exact) mass is 452 g/mol. The van der Waals surface area contributed by atoms with Gasteiger partial charge in [-0.05, 0) is 55.5 Å². The molecule has 0 spiro atoms. The molecule has 2 heterocycles. The topological polar surface area (TPSA) is 96.6 Å². The lowest BCUT2D eigenvalue weighted by molar-refractivity contribution is 0.102. The van der Waals surface area contributed by atoms with Gasteiger partial charge in [-0.15, -0.1) is 0 Å². The van der Waals surface area contributed by atoms with E-state index in [1.807, 2.05) is 31.2 Å². The zero-order valence-electron chi connectivity index (χ0n) is 17.8. The first-order chi connectivity index (χ1) is 15.5. The maximum atomic E-state index is 12.6. The number of hydrogen-bond acceptors (Lipinski definition) is 7. The number of benzene rings is 2. The molecule has 32 heavy (non-hydrogen) atoms. The normalized spacial score (nSPS) is 13.7. The molecule has 0 unspecified atom stereocenters. The standard InChI is InChI=1S/C23H25ClN6O2/c1-2-32-19-9-5-17(6-10-19)27-22(31)20-15-26-23(28-21(20)25)30-13-11-29(12-14-30)18-7-3-16(24)4-8-18/h3-10,15H,2,11-14H2,1H3,(H,27,31)(H2,25,26,28). The number of nitrogens with two attached hydrogens (primary N) is 1. The Bertz CT molecular complexity index is 1070. The highest BCUT2D eigenvalue weighted by Gasteiger charge is 2.21. The van der Waals surface area contributed by atoms with E-state index in [1.165, 1.54) is 6.20 Å². The van der Waals surface area contributed by atoms with Gasteiger partial charge in [0, 0.05) is 48.8 Å². The summed E-state index contributed by atoms with van der Waals surface area (Å²) in [6.45, 7) is 5.65. The van der Waals surface area contributed by atoms with Crippen LogP contribution in [0.2, 0.25) is 5.02 Å². The van der Waals surface area contributed by atoms with Gasteiger partial charge in [-0.3, -0.25) is 4.79 Å². The lowest BCUT2D eigenvalue weighted by Crippen LogP contribution is -2.47. The van der Waals surface area contributed by atoms with Crippen LogP contribution in [0.5, 0.6) is 5.75 Å². The van der Waals surface area contributed by atoms with Crippen molar-refractivity contribution in [3.63, 3.8) is 0 Å². The van der Waals surface area contributed by atoms with Gasteiger partial charge in [0.05, 0.1) is 6.61 Å². The predicted octanol–water partition coefficient (Wildman–Crippen LogP) is 3.69. The SMILES string of the molecule is CCOc1ccc(NC(=O)c2cnc(N3CCN(c4ccc(Cl)cc4)CC3)nc2N)cc1. The third-order valence-electron chi connectivity index (χ3n) is 5.23. The van der Waals surface area contributed by atoms with Gasteiger partial charge in [-0.2, -0.15) is 4.98 Å². The molecule has 1 aromatic heterocycles. The number of anilines is 4. The summed E-state index contributed by atoms with van der Waals surface area (Å²) >= 11 is 5.98. The Morgan fingerprint density at radius 1 is 1.06 bits per heavy atom. The van der Waals surface area contributed by atoms with Crippen LogP contribution in [0.25, 0.3) is 0 Å². The molecular weight excluding hydrogens is 428 g/mol. The molecule has 4 rings (SSSR count).